The van der Waals surface area contributed by atoms with E-state index in [-0.39, 0.29) is 6.54 Å². The summed E-state index contributed by atoms with van der Waals surface area (Å²) in [5.74, 6) is -0.369. The van der Waals surface area contributed by atoms with Crippen molar-refractivity contribution in [2.75, 3.05) is 5.32 Å². The number of aromatic nitrogens is 2. The van der Waals surface area contributed by atoms with Crippen LogP contribution in [0.4, 0.5) is 5.69 Å². The van der Waals surface area contributed by atoms with Crippen molar-refractivity contribution >= 4 is 29.1 Å². The van der Waals surface area contributed by atoms with Crippen molar-refractivity contribution in [2.24, 2.45) is 7.05 Å². The molecule has 0 atom stereocenters. The van der Waals surface area contributed by atoms with E-state index in [0.717, 1.165) is 5.69 Å². The van der Waals surface area contributed by atoms with E-state index in [1.54, 1.807) is 48.1 Å². The molecule has 0 spiro atoms. The van der Waals surface area contributed by atoms with Crippen molar-refractivity contribution in [1.82, 2.24) is 15.1 Å². The Morgan fingerprint density at radius 2 is 2.00 bits per heavy atom. The molecule has 7 nitrogen and oxygen atoms in total. The highest BCUT2D eigenvalue weighted by atomic mass is 35.5. The molecule has 0 saturated heterocycles. The zero-order valence-corrected chi connectivity index (χ0v) is 15.0. The summed E-state index contributed by atoms with van der Waals surface area (Å²) in [4.78, 5) is 24.0. The molecule has 2 N–H and O–H groups in total. The number of hydrogen-bond donors (Lipinski definition) is 2. The summed E-state index contributed by atoms with van der Waals surface area (Å²) in [6.07, 6.45) is 1.67. The molecule has 0 radical (unpaired) electrons. The summed E-state index contributed by atoms with van der Waals surface area (Å²) in [7, 11) is 1.81. The third kappa shape index (κ3) is 3.78. The number of furan rings is 1. The quantitative estimate of drug-likeness (QED) is 0.689. The minimum atomic E-state index is -0.770. The number of halogens is 1. The standard InChI is InChI=1S/C18H17ClN4O3/c1-11-13(19)4-3-5-14(11)22-18(25)17(24)20-10-12-6-7-16(26-12)15-8-9-21-23(15)2/h3-9H,10H2,1-2H3,(H,20,24)(H,22,25). The van der Waals surface area contributed by atoms with Crippen LogP contribution >= 0.6 is 11.6 Å². The van der Waals surface area contributed by atoms with E-state index in [1.165, 1.54) is 0 Å². The number of carbonyl (C=O) groups is 2. The number of hydrogen-bond acceptors (Lipinski definition) is 4. The Bertz CT molecular complexity index is 961. The lowest BCUT2D eigenvalue weighted by Gasteiger charge is -2.09. The van der Waals surface area contributed by atoms with E-state index in [9.17, 15) is 9.59 Å². The van der Waals surface area contributed by atoms with Crippen LogP contribution in [0.25, 0.3) is 11.5 Å². The van der Waals surface area contributed by atoms with Gasteiger partial charge in [-0.25, -0.2) is 0 Å². The first kappa shape index (κ1) is 17.8. The van der Waals surface area contributed by atoms with Crippen LogP contribution < -0.4 is 10.6 Å². The third-order valence-corrected chi connectivity index (χ3v) is 4.29. The maximum absolute atomic E-state index is 12.0. The maximum Gasteiger partial charge on any atom is 0.313 e. The van der Waals surface area contributed by atoms with E-state index in [0.29, 0.717) is 27.8 Å². The molecule has 0 aliphatic heterocycles. The van der Waals surface area contributed by atoms with Gasteiger partial charge in [-0.15, -0.1) is 0 Å². The molecular formula is C18H17ClN4O3. The Balaban J connectivity index is 1.59. The fourth-order valence-electron chi connectivity index (χ4n) is 2.40. The van der Waals surface area contributed by atoms with Crippen LogP contribution in [0.5, 0.6) is 0 Å². The minimum absolute atomic E-state index is 0.0959. The van der Waals surface area contributed by atoms with Crippen molar-refractivity contribution in [1.29, 1.82) is 0 Å². The highest BCUT2D eigenvalue weighted by Gasteiger charge is 2.16. The van der Waals surface area contributed by atoms with Gasteiger partial charge in [-0.3, -0.25) is 14.3 Å². The van der Waals surface area contributed by atoms with Gasteiger partial charge < -0.3 is 15.1 Å². The van der Waals surface area contributed by atoms with E-state index in [1.807, 2.05) is 13.1 Å². The van der Waals surface area contributed by atoms with Crippen LogP contribution in [0.1, 0.15) is 11.3 Å². The Morgan fingerprint density at radius 3 is 2.73 bits per heavy atom. The number of carbonyl (C=O) groups excluding carboxylic acids is 2. The largest absolute Gasteiger partial charge is 0.458 e. The normalized spacial score (nSPS) is 10.6. The van der Waals surface area contributed by atoms with Crippen molar-refractivity contribution < 1.29 is 14.0 Å². The first-order chi connectivity index (χ1) is 12.5. The molecule has 8 heteroatoms. The smallest absolute Gasteiger partial charge is 0.313 e. The van der Waals surface area contributed by atoms with Crippen molar-refractivity contribution in [3.63, 3.8) is 0 Å². The van der Waals surface area contributed by atoms with Crippen LogP contribution in [0.3, 0.4) is 0 Å². The molecule has 0 unspecified atom stereocenters. The topological polar surface area (TPSA) is 89.2 Å². The van der Waals surface area contributed by atoms with E-state index < -0.39 is 11.8 Å². The molecule has 2 amide bonds. The summed E-state index contributed by atoms with van der Waals surface area (Å²) in [6, 6.07) is 10.4. The Kier molecular flexibility index (Phi) is 5.09. The SMILES string of the molecule is Cc1c(Cl)cccc1NC(=O)C(=O)NCc1ccc(-c2ccnn2C)o1. The number of nitrogens with zero attached hydrogens (tertiary/aromatic N) is 2. The predicted octanol–water partition coefficient (Wildman–Crippen LogP) is 2.90. The van der Waals surface area contributed by atoms with Gasteiger partial charge in [-0.05, 0) is 42.8 Å². The Hall–Kier alpha value is -3.06. The van der Waals surface area contributed by atoms with Crippen molar-refractivity contribution in [3.05, 3.63) is 58.9 Å². The molecular weight excluding hydrogens is 356 g/mol. The van der Waals surface area contributed by atoms with Crippen LogP contribution in [0.2, 0.25) is 5.02 Å². The molecule has 0 aliphatic carbocycles. The first-order valence-corrected chi connectivity index (χ1v) is 8.25. The predicted molar refractivity (Wildman–Crippen MR) is 97.6 cm³/mol. The lowest BCUT2D eigenvalue weighted by Crippen LogP contribution is -2.35. The summed E-state index contributed by atoms with van der Waals surface area (Å²) in [5, 5.41) is 9.66. The Labute approximate surface area is 154 Å². The first-order valence-electron chi connectivity index (χ1n) is 7.87. The van der Waals surface area contributed by atoms with Gasteiger partial charge in [0.25, 0.3) is 0 Å². The van der Waals surface area contributed by atoms with Crippen molar-refractivity contribution in [2.45, 2.75) is 13.5 Å². The lowest BCUT2D eigenvalue weighted by molar-refractivity contribution is -0.136. The third-order valence-electron chi connectivity index (χ3n) is 3.88. The number of nitrogens with one attached hydrogen (secondary N) is 2. The van der Waals surface area contributed by atoms with Gasteiger partial charge >= 0.3 is 11.8 Å². The molecule has 3 aromatic rings. The number of amides is 2. The fraction of sp³-hybridized carbons (Fsp3) is 0.167. The van der Waals surface area contributed by atoms with Gasteiger partial charge in [0.2, 0.25) is 0 Å². The van der Waals surface area contributed by atoms with Crippen molar-refractivity contribution in [3.8, 4) is 11.5 Å². The van der Waals surface area contributed by atoms with Gasteiger partial charge in [-0.1, -0.05) is 17.7 Å². The Morgan fingerprint density at radius 1 is 1.19 bits per heavy atom. The summed E-state index contributed by atoms with van der Waals surface area (Å²) < 4.78 is 7.35. The maximum atomic E-state index is 12.0. The molecule has 0 fully saturated rings. The molecule has 1 aromatic carbocycles. The minimum Gasteiger partial charge on any atom is -0.458 e. The highest BCUT2D eigenvalue weighted by Crippen LogP contribution is 2.23. The van der Waals surface area contributed by atoms with Crippen LogP contribution in [0, 0.1) is 6.92 Å². The molecule has 3 rings (SSSR count). The average Bonchev–Trinajstić information content (AvgIpc) is 3.25. The van der Waals surface area contributed by atoms with Gasteiger partial charge in [0.15, 0.2) is 5.76 Å². The van der Waals surface area contributed by atoms with Crippen LogP contribution in [-0.4, -0.2) is 21.6 Å². The highest BCUT2D eigenvalue weighted by molar-refractivity contribution is 6.40. The molecule has 134 valence electrons. The van der Waals surface area contributed by atoms with E-state index in [2.05, 4.69) is 15.7 Å². The number of aryl methyl sites for hydroxylation is 1. The van der Waals surface area contributed by atoms with Gasteiger partial charge in [0.05, 0.1) is 6.54 Å². The van der Waals surface area contributed by atoms with Crippen LogP contribution in [0.15, 0.2) is 47.0 Å². The molecule has 0 bridgehead atoms. The molecule has 0 saturated carbocycles. The summed E-state index contributed by atoms with van der Waals surface area (Å²) >= 11 is 6.00. The molecule has 2 aromatic heterocycles. The van der Waals surface area contributed by atoms with Gasteiger partial charge in [-0.2, -0.15) is 5.10 Å². The molecule has 0 aliphatic rings. The number of rotatable bonds is 4. The molecule has 2 heterocycles. The van der Waals surface area contributed by atoms with Crippen LogP contribution in [-0.2, 0) is 23.2 Å². The average molecular weight is 373 g/mol. The fourth-order valence-corrected chi connectivity index (χ4v) is 2.57. The van der Waals surface area contributed by atoms with Gasteiger partial charge in [0, 0.05) is 24.0 Å². The zero-order chi connectivity index (χ0) is 18.7. The second kappa shape index (κ2) is 7.45. The monoisotopic (exact) mass is 372 g/mol. The zero-order valence-electron chi connectivity index (χ0n) is 14.2. The van der Waals surface area contributed by atoms with Gasteiger partial charge in [0.1, 0.15) is 11.5 Å². The summed E-state index contributed by atoms with van der Waals surface area (Å²) in [6.45, 7) is 1.86. The molecule has 26 heavy (non-hydrogen) atoms. The second-order valence-corrected chi connectivity index (χ2v) is 6.06. The second-order valence-electron chi connectivity index (χ2n) is 5.66. The van der Waals surface area contributed by atoms with E-state index in [4.69, 9.17) is 16.0 Å². The number of anilines is 1. The number of benzene rings is 1. The lowest BCUT2D eigenvalue weighted by atomic mass is 10.2. The summed E-state index contributed by atoms with van der Waals surface area (Å²) in [5.41, 5.74) is 2.01. The van der Waals surface area contributed by atoms with E-state index >= 15 is 0 Å².